The Morgan fingerprint density at radius 1 is 1.03 bits per heavy atom. The number of aromatic nitrogens is 2. The van der Waals surface area contributed by atoms with Gasteiger partial charge in [-0.05, 0) is 62.4 Å². The fourth-order valence-electron chi connectivity index (χ4n) is 5.13. The Morgan fingerprint density at radius 2 is 1.75 bits per heavy atom. The van der Waals surface area contributed by atoms with Gasteiger partial charge in [0.05, 0.1) is 23.0 Å². The first kappa shape index (κ1) is 20.7. The molecule has 8 heteroatoms. The predicted octanol–water partition coefficient (Wildman–Crippen LogP) is 5.24. The summed E-state index contributed by atoms with van der Waals surface area (Å²) in [6, 6.07) is 5.93. The van der Waals surface area contributed by atoms with E-state index >= 15 is 0 Å². The predicted molar refractivity (Wildman–Crippen MR) is 110 cm³/mol. The van der Waals surface area contributed by atoms with Gasteiger partial charge in [-0.3, -0.25) is 9.48 Å². The summed E-state index contributed by atoms with van der Waals surface area (Å²) in [5.41, 5.74) is 2.89. The van der Waals surface area contributed by atoms with E-state index in [9.17, 15) is 22.4 Å². The number of aryl methyl sites for hydroxylation is 2. The van der Waals surface area contributed by atoms with Gasteiger partial charge in [0, 0.05) is 24.2 Å². The fourth-order valence-corrected chi connectivity index (χ4v) is 5.13. The summed E-state index contributed by atoms with van der Waals surface area (Å²) in [5, 5.41) is 4.58. The van der Waals surface area contributed by atoms with Gasteiger partial charge in [-0.15, -0.1) is 0 Å². The Labute approximate surface area is 182 Å². The van der Waals surface area contributed by atoms with Gasteiger partial charge < -0.3 is 4.90 Å². The van der Waals surface area contributed by atoms with Crippen LogP contribution >= 0.6 is 0 Å². The molecule has 5 rings (SSSR count). The van der Waals surface area contributed by atoms with Crippen LogP contribution in [-0.2, 0) is 13.5 Å². The topological polar surface area (TPSA) is 38.1 Å². The Balaban J connectivity index is 1.60. The molecule has 2 aliphatic rings. The van der Waals surface area contributed by atoms with Gasteiger partial charge in [-0.1, -0.05) is 6.07 Å². The highest BCUT2D eigenvalue weighted by atomic mass is 19.2. The molecular weight excluding hydrogens is 422 g/mol. The van der Waals surface area contributed by atoms with Crippen molar-refractivity contribution >= 4 is 5.91 Å². The second-order valence-electron chi connectivity index (χ2n) is 8.59. The first-order valence-corrected chi connectivity index (χ1v) is 10.6. The van der Waals surface area contributed by atoms with Gasteiger partial charge >= 0.3 is 0 Å². The minimum absolute atomic E-state index is 0.0229. The van der Waals surface area contributed by atoms with Crippen molar-refractivity contribution in [3.63, 3.8) is 0 Å². The van der Waals surface area contributed by atoms with Gasteiger partial charge in [0.1, 0.15) is 5.82 Å². The Hall–Kier alpha value is -3.16. The maximum Gasteiger partial charge on any atom is 0.257 e. The third-order valence-corrected chi connectivity index (χ3v) is 6.52. The molecule has 2 aromatic carbocycles. The molecule has 1 fully saturated rings. The van der Waals surface area contributed by atoms with E-state index in [1.807, 2.05) is 0 Å². The maximum atomic E-state index is 14.6. The first-order valence-electron chi connectivity index (χ1n) is 10.6. The standard InChI is InChI=1S/C24H21F4N3O/c1-12-6-7-15(17(25)8-12)24(32)31-14-4-3-5-20(31)22-16(11-14)23(30(2)29-22)13-9-18(26)21(28)19(27)10-13/h6-10,14,20H,3-5,11H2,1-2H3/t14-,20-/m1/s1. The summed E-state index contributed by atoms with van der Waals surface area (Å²) in [6.45, 7) is 1.76. The molecule has 0 radical (unpaired) electrons. The van der Waals surface area contributed by atoms with E-state index in [2.05, 4.69) is 5.10 Å². The number of piperidine rings is 1. The van der Waals surface area contributed by atoms with Gasteiger partial charge in [0.15, 0.2) is 17.5 Å². The molecule has 1 aromatic heterocycles. The molecule has 32 heavy (non-hydrogen) atoms. The summed E-state index contributed by atoms with van der Waals surface area (Å²) in [6.07, 6.45) is 2.70. The average molecular weight is 443 g/mol. The molecular formula is C24H21F4N3O. The van der Waals surface area contributed by atoms with Crippen molar-refractivity contribution in [1.29, 1.82) is 0 Å². The van der Waals surface area contributed by atoms with E-state index in [0.29, 0.717) is 24.2 Å². The zero-order valence-electron chi connectivity index (χ0n) is 17.6. The third kappa shape index (κ3) is 3.12. The molecule has 0 N–H and O–H groups in total. The van der Waals surface area contributed by atoms with Crippen molar-refractivity contribution in [2.24, 2.45) is 7.05 Å². The number of rotatable bonds is 2. The summed E-state index contributed by atoms with van der Waals surface area (Å²) in [7, 11) is 1.66. The van der Waals surface area contributed by atoms with Crippen molar-refractivity contribution in [2.75, 3.05) is 0 Å². The number of benzene rings is 2. The zero-order valence-corrected chi connectivity index (χ0v) is 17.6. The van der Waals surface area contributed by atoms with Crippen molar-refractivity contribution in [1.82, 2.24) is 14.7 Å². The van der Waals surface area contributed by atoms with E-state index in [4.69, 9.17) is 0 Å². The Bertz CT molecular complexity index is 1230. The largest absolute Gasteiger partial charge is 0.327 e. The molecule has 0 saturated carbocycles. The molecule has 3 heterocycles. The number of fused-ring (bicyclic) bond motifs is 4. The lowest BCUT2D eigenvalue weighted by atomic mass is 9.81. The molecule has 166 valence electrons. The average Bonchev–Trinajstić information content (AvgIpc) is 3.06. The van der Waals surface area contributed by atoms with E-state index in [0.717, 1.165) is 36.1 Å². The van der Waals surface area contributed by atoms with Crippen LogP contribution in [0.5, 0.6) is 0 Å². The highest BCUT2D eigenvalue weighted by molar-refractivity contribution is 5.95. The monoisotopic (exact) mass is 443 g/mol. The number of carbonyl (C=O) groups excluding carboxylic acids is 1. The van der Waals surface area contributed by atoms with Crippen LogP contribution in [0.3, 0.4) is 0 Å². The molecule has 1 saturated heterocycles. The van der Waals surface area contributed by atoms with Crippen LogP contribution in [0.2, 0.25) is 0 Å². The Kier molecular flexibility index (Phi) is 4.83. The normalized spacial score (nSPS) is 19.8. The van der Waals surface area contributed by atoms with E-state index in [1.54, 1.807) is 24.9 Å². The Morgan fingerprint density at radius 3 is 2.44 bits per heavy atom. The van der Waals surface area contributed by atoms with Crippen LogP contribution in [0.4, 0.5) is 17.6 Å². The SMILES string of the molecule is Cc1ccc(C(=O)N2[C@@H]3CCC[C@@H]2c2nn(C)c(-c4cc(F)c(F)c(F)c4)c2C3)c(F)c1. The molecule has 3 aromatic rings. The first-order chi connectivity index (χ1) is 15.3. The minimum Gasteiger partial charge on any atom is -0.327 e. The highest BCUT2D eigenvalue weighted by Gasteiger charge is 2.44. The van der Waals surface area contributed by atoms with Gasteiger partial charge in [0.2, 0.25) is 0 Å². The lowest BCUT2D eigenvalue weighted by molar-refractivity contribution is 0.0387. The van der Waals surface area contributed by atoms with Crippen LogP contribution in [0, 0.1) is 30.2 Å². The van der Waals surface area contributed by atoms with E-state index < -0.39 is 23.3 Å². The van der Waals surface area contributed by atoms with Crippen LogP contribution in [0.1, 0.15) is 52.5 Å². The molecule has 2 atom stereocenters. The zero-order chi connectivity index (χ0) is 22.7. The number of hydrogen-bond donors (Lipinski definition) is 0. The fraction of sp³-hybridized carbons (Fsp3) is 0.333. The third-order valence-electron chi connectivity index (χ3n) is 6.52. The van der Waals surface area contributed by atoms with Gasteiger partial charge in [-0.2, -0.15) is 5.10 Å². The molecule has 0 aliphatic carbocycles. The number of amides is 1. The highest BCUT2D eigenvalue weighted by Crippen LogP contribution is 2.45. The van der Waals surface area contributed by atoms with Crippen LogP contribution in [-0.4, -0.2) is 26.6 Å². The van der Waals surface area contributed by atoms with Crippen molar-refractivity contribution in [2.45, 2.75) is 44.7 Å². The second kappa shape index (κ2) is 7.46. The van der Waals surface area contributed by atoms with Crippen LogP contribution < -0.4 is 0 Å². The maximum absolute atomic E-state index is 14.6. The number of hydrogen-bond acceptors (Lipinski definition) is 2. The number of halogens is 4. The molecule has 0 spiro atoms. The smallest absolute Gasteiger partial charge is 0.257 e. The van der Waals surface area contributed by atoms with Crippen molar-refractivity contribution in [3.05, 3.63) is 76.0 Å². The summed E-state index contributed by atoms with van der Waals surface area (Å²) in [5.74, 6) is -4.99. The van der Waals surface area contributed by atoms with E-state index in [-0.39, 0.29) is 29.1 Å². The van der Waals surface area contributed by atoms with Crippen LogP contribution in [0.25, 0.3) is 11.3 Å². The minimum atomic E-state index is -1.52. The van der Waals surface area contributed by atoms with Gasteiger partial charge in [0.25, 0.3) is 5.91 Å². The molecule has 0 unspecified atom stereocenters. The molecule has 2 aliphatic heterocycles. The van der Waals surface area contributed by atoms with Gasteiger partial charge in [-0.25, -0.2) is 17.6 Å². The van der Waals surface area contributed by atoms with Crippen molar-refractivity contribution in [3.8, 4) is 11.3 Å². The van der Waals surface area contributed by atoms with Crippen LogP contribution in [0.15, 0.2) is 30.3 Å². The summed E-state index contributed by atoms with van der Waals surface area (Å²) in [4.78, 5) is 15.1. The lowest BCUT2D eigenvalue weighted by Gasteiger charge is -2.45. The lowest BCUT2D eigenvalue weighted by Crippen LogP contribution is -2.50. The molecule has 2 bridgehead atoms. The number of nitrogens with zero attached hydrogens (tertiary/aromatic N) is 3. The molecule has 4 nitrogen and oxygen atoms in total. The summed E-state index contributed by atoms with van der Waals surface area (Å²) < 4.78 is 57.4. The van der Waals surface area contributed by atoms with Crippen molar-refractivity contribution < 1.29 is 22.4 Å². The summed E-state index contributed by atoms with van der Waals surface area (Å²) >= 11 is 0. The quantitative estimate of drug-likeness (QED) is 0.401. The van der Waals surface area contributed by atoms with E-state index in [1.165, 1.54) is 16.8 Å². The number of carbonyl (C=O) groups is 1. The second-order valence-corrected chi connectivity index (χ2v) is 8.59. The molecule has 1 amide bonds.